The van der Waals surface area contributed by atoms with Gasteiger partial charge in [-0.25, -0.2) is 0 Å². The fourth-order valence-electron chi connectivity index (χ4n) is 4.91. The molecule has 162 valence electrons. The van der Waals surface area contributed by atoms with E-state index in [4.69, 9.17) is 9.47 Å². The van der Waals surface area contributed by atoms with Crippen molar-refractivity contribution >= 4 is 11.8 Å². The minimum absolute atomic E-state index is 0.00940. The molecule has 3 aliphatic heterocycles. The van der Waals surface area contributed by atoms with Crippen LogP contribution in [-0.4, -0.2) is 62.3 Å². The molecule has 0 aliphatic carbocycles. The highest BCUT2D eigenvalue weighted by atomic mass is 16.7. The van der Waals surface area contributed by atoms with Crippen LogP contribution in [-0.2, 0) is 22.6 Å². The van der Waals surface area contributed by atoms with E-state index in [2.05, 4.69) is 12.1 Å². The van der Waals surface area contributed by atoms with Crippen LogP contribution in [0.4, 0.5) is 0 Å². The largest absolute Gasteiger partial charge is 0.454 e. The van der Waals surface area contributed by atoms with Gasteiger partial charge in [0, 0.05) is 12.1 Å². The number of nitrogens with zero attached hydrogens (tertiary/aromatic N) is 1. The van der Waals surface area contributed by atoms with Crippen LogP contribution in [0.5, 0.6) is 11.5 Å². The predicted octanol–water partition coefficient (Wildman–Crippen LogP) is -0.931. The highest BCUT2D eigenvalue weighted by Gasteiger charge is 2.45. The van der Waals surface area contributed by atoms with E-state index in [0.29, 0.717) is 26.2 Å². The molecule has 2 saturated heterocycles. The third-order valence-electron chi connectivity index (χ3n) is 6.69. The van der Waals surface area contributed by atoms with Crippen LogP contribution in [0.3, 0.4) is 0 Å². The van der Waals surface area contributed by atoms with Crippen molar-refractivity contribution in [3.63, 3.8) is 0 Å². The molecular formula is C24H29N3O4+2. The van der Waals surface area contributed by atoms with E-state index in [-0.39, 0.29) is 17.9 Å². The number of ether oxygens (including phenoxy) is 2. The summed E-state index contributed by atoms with van der Waals surface area (Å²) >= 11 is 0. The van der Waals surface area contributed by atoms with E-state index in [1.165, 1.54) is 20.3 Å². The average molecular weight is 424 g/mol. The number of hydrogen-bond acceptors (Lipinski definition) is 4. The molecular weight excluding hydrogens is 394 g/mol. The van der Waals surface area contributed by atoms with Crippen molar-refractivity contribution in [3.8, 4) is 11.5 Å². The summed E-state index contributed by atoms with van der Waals surface area (Å²) in [4.78, 5) is 29.7. The Bertz CT molecular complexity index is 957. The first-order valence-corrected chi connectivity index (χ1v) is 11.1. The first kappa shape index (κ1) is 20.0. The summed E-state index contributed by atoms with van der Waals surface area (Å²) in [5.74, 6) is 1.63. The highest BCUT2D eigenvalue weighted by molar-refractivity contribution is 6.04. The number of likely N-dealkylation sites (tertiary alicyclic amines) is 1. The zero-order valence-corrected chi connectivity index (χ0v) is 17.6. The average Bonchev–Trinajstić information content (AvgIpc) is 3.37. The molecule has 3 heterocycles. The fourth-order valence-corrected chi connectivity index (χ4v) is 4.91. The van der Waals surface area contributed by atoms with Gasteiger partial charge < -0.3 is 19.3 Å². The SMILES string of the molecule is O=C1C[C@H]([NH+]2CC[NH+](Cc3ccc4c(c3)OCO4)CC2)C(=O)N1CCc1ccccc1. The Morgan fingerprint density at radius 2 is 1.68 bits per heavy atom. The van der Waals surface area contributed by atoms with Crippen molar-refractivity contribution in [3.05, 3.63) is 59.7 Å². The maximum atomic E-state index is 13.0. The van der Waals surface area contributed by atoms with Crippen molar-refractivity contribution < 1.29 is 28.9 Å². The van der Waals surface area contributed by atoms with Gasteiger partial charge in [-0.3, -0.25) is 14.5 Å². The van der Waals surface area contributed by atoms with Crippen molar-refractivity contribution in [1.82, 2.24) is 4.90 Å². The van der Waals surface area contributed by atoms with Gasteiger partial charge in [-0.1, -0.05) is 30.3 Å². The molecule has 0 spiro atoms. The first-order chi connectivity index (χ1) is 15.2. The zero-order chi connectivity index (χ0) is 21.2. The van der Waals surface area contributed by atoms with Crippen molar-refractivity contribution in [2.24, 2.45) is 0 Å². The Balaban J connectivity index is 1.13. The summed E-state index contributed by atoms with van der Waals surface area (Å²) in [6.45, 7) is 5.52. The minimum atomic E-state index is -0.213. The Morgan fingerprint density at radius 1 is 0.903 bits per heavy atom. The lowest BCUT2D eigenvalue weighted by molar-refractivity contribution is -1.02. The number of hydrogen-bond donors (Lipinski definition) is 2. The molecule has 0 unspecified atom stereocenters. The number of nitrogens with one attached hydrogen (secondary N) is 2. The maximum Gasteiger partial charge on any atom is 0.288 e. The highest BCUT2D eigenvalue weighted by Crippen LogP contribution is 2.32. The standard InChI is InChI=1S/C24H27N3O4/c28-23-15-20(24(29)27(23)9-8-18-4-2-1-3-5-18)26-12-10-25(11-13-26)16-19-6-7-21-22(14-19)31-17-30-21/h1-7,14,20H,8-13,15-17H2/p+2/t20-/m0/s1. The van der Waals surface area contributed by atoms with Crippen molar-refractivity contribution in [2.45, 2.75) is 25.4 Å². The van der Waals surface area contributed by atoms with Crippen molar-refractivity contribution in [1.29, 1.82) is 0 Å². The number of fused-ring (bicyclic) bond motifs is 1. The molecule has 3 aliphatic rings. The second-order valence-corrected chi connectivity index (χ2v) is 8.65. The van der Waals surface area contributed by atoms with E-state index < -0.39 is 0 Å². The minimum Gasteiger partial charge on any atom is -0.454 e. The van der Waals surface area contributed by atoms with E-state index >= 15 is 0 Å². The number of rotatable bonds is 6. The lowest BCUT2D eigenvalue weighted by Crippen LogP contribution is -3.29. The van der Waals surface area contributed by atoms with Gasteiger partial charge in [0.1, 0.15) is 32.7 Å². The van der Waals surface area contributed by atoms with Gasteiger partial charge in [-0.15, -0.1) is 0 Å². The van der Waals surface area contributed by atoms with E-state index in [9.17, 15) is 9.59 Å². The number of quaternary nitrogens is 2. The molecule has 0 bridgehead atoms. The van der Waals surface area contributed by atoms with Gasteiger partial charge in [0.05, 0.1) is 6.42 Å². The number of amides is 2. The zero-order valence-electron chi connectivity index (χ0n) is 17.6. The topological polar surface area (TPSA) is 64.7 Å². The monoisotopic (exact) mass is 423 g/mol. The Hall–Kier alpha value is -2.90. The molecule has 0 aromatic heterocycles. The third kappa shape index (κ3) is 4.29. The van der Waals surface area contributed by atoms with Crippen LogP contribution in [0.15, 0.2) is 48.5 Å². The normalized spacial score (nSPS) is 25.3. The molecule has 2 N–H and O–H groups in total. The number of piperazine rings is 1. The summed E-state index contributed by atoms with van der Waals surface area (Å²) in [5, 5.41) is 0. The second-order valence-electron chi connectivity index (χ2n) is 8.65. The number of carbonyl (C=O) groups is 2. The van der Waals surface area contributed by atoms with E-state index in [1.807, 2.05) is 36.4 Å². The van der Waals surface area contributed by atoms with Crippen LogP contribution in [0.2, 0.25) is 0 Å². The van der Waals surface area contributed by atoms with Gasteiger partial charge in [0.25, 0.3) is 5.91 Å². The molecule has 0 saturated carbocycles. The number of carbonyl (C=O) groups excluding carboxylic acids is 2. The van der Waals surface area contributed by atoms with Crippen LogP contribution >= 0.6 is 0 Å². The molecule has 2 amide bonds. The smallest absolute Gasteiger partial charge is 0.288 e. The van der Waals surface area contributed by atoms with Crippen LogP contribution in [0.25, 0.3) is 0 Å². The summed E-state index contributed by atoms with van der Waals surface area (Å²) in [7, 11) is 0. The molecule has 2 aromatic rings. The van der Waals surface area contributed by atoms with Crippen molar-refractivity contribution in [2.75, 3.05) is 39.5 Å². The second kappa shape index (κ2) is 8.69. The molecule has 7 nitrogen and oxygen atoms in total. The molecule has 31 heavy (non-hydrogen) atoms. The van der Waals surface area contributed by atoms with Crippen LogP contribution in [0.1, 0.15) is 17.5 Å². The van der Waals surface area contributed by atoms with E-state index in [0.717, 1.165) is 49.8 Å². The summed E-state index contributed by atoms with van der Waals surface area (Å²) in [6.07, 6.45) is 1.06. The van der Waals surface area contributed by atoms with Gasteiger partial charge in [0.2, 0.25) is 12.7 Å². The summed E-state index contributed by atoms with van der Waals surface area (Å²) < 4.78 is 10.9. The predicted molar refractivity (Wildman–Crippen MR) is 113 cm³/mol. The van der Waals surface area contributed by atoms with Gasteiger partial charge >= 0.3 is 0 Å². The Labute approximate surface area is 182 Å². The van der Waals surface area contributed by atoms with Gasteiger partial charge in [-0.2, -0.15) is 0 Å². The summed E-state index contributed by atoms with van der Waals surface area (Å²) in [6, 6.07) is 16.0. The molecule has 7 heteroatoms. The van der Waals surface area contributed by atoms with Crippen LogP contribution in [0, 0.1) is 0 Å². The molecule has 2 fully saturated rings. The molecule has 2 aromatic carbocycles. The third-order valence-corrected chi connectivity index (χ3v) is 6.69. The maximum absolute atomic E-state index is 13.0. The first-order valence-electron chi connectivity index (χ1n) is 11.1. The number of benzene rings is 2. The van der Waals surface area contributed by atoms with Gasteiger partial charge in [0.15, 0.2) is 17.5 Å². The molecule has 0 radical (unpaired) electrons. The van der Waals surface area contributed by atoms with Crippen LogP contribution < -0.4 is 19.3 Å². The summed E-state index contributed by atoms with van der Waals surface area (Å²) in [5.41, 5.74) is 2.39. The Kier molecular flexibility index (Phi) is 5.61. The molecule has 5 rings (SSSR count). The van der Waals surface area contributed by atoms with Gasteiger partial charge in [-0.05, 0) is 30.2 Å². The quantitative estimate of drug-likeness (QED) is 0.590. The lowest BCUT2D eigenvalue weighted by Gasteiger charge is -2.32. The lowest BCUT2D eigenvalue weighted by atomic mass is 10.1. The Morgan fingerprint density at radius 3 is 2.48 bits per heavy atom. The fraction of sp³-hybridized carbons (Fsp3) is 0.417. The molecule has 1 atom stereocenters. The van der Waals surface area contributed by atoms with E-state index in [1.54, 1.807) is 0 Å². The number of imide groups is 1.